The molecule has 1 aromatic carbocycles. The molecule has 0 amide bonds. The standard InChI is InChI=1S/C21H21BrN2O/c1-20(2)10-16-18(17(25)11-20)21(3,13-7-5-4-6-8-13)15-9-14(22)12-23-19(15)24-16/h4-9,12H,10-11H2,1-3H3,(H,23,24)/t21-/m1/s1. The van der Waals surface area contributed by atoms with E-state index in [1.807, 2.05) is 18.2 Å². The van der Waals surface area contributed by atoms with Crippen molar-refractivity contribution in [1.82, 2.24) is 4.98 Å². The Bertz CT molecular complexity index is 901. The zero-order chi connectivity index (χ0) is 17.8. The van der Waals surface area contributed by atoms with E-state index in [4.69, 9.17) is 0 Å². The first kappa shape index (κ1) is 16.5. The van der Waals surface area contributed by atoms with E-state index in [1.165, 1.54) is 0 Å². The quantitative estimate of drug-likeness (QED) is 0.718. The number of anilines is 1. The van der Waals surface area contributed by atoms with Crippen LogP contribution in [0.15, 0.2) is 58.3 Å². The Morgan fingerprint density at radius 3 is 2.56 bits per heavy atom. The number of hydrogen-bond acceptors (Lipinski definition) is 3. The minimum absolute atomic E-state index is 0.0343. The highest BCUT2D eigenvalue weighted by atomic mass is 79.9. The summed E-state index contributed by atoms with van der Waals surface area (Å²) in [6.07, 6.45) is 3.24. The van der Waals surface area contributed by atoms with Gasteiger partial charge in [0.1, 0.15) is 5.82 Å². The van der Waals surface area contributed by atoms with Crippen LogP contribution in [0.4, 0.5) is 5.82 Å². The molecule has 3 nitrogen and oxygen atoms in total. The summed E-state index contributed by atoms with van der Waals surface area (Å²) in [4.78, 5) is 17.8. The third kappa shape index (κ3) is 2.54. The Hall–Kier alpha value is -1.94. The van der Waals surface area contributed by atoms with Crippen LogP contribution in [-0.4, -0.2) is 10.8 Å². The van der Waals surface area contributed by atoms with Gasteiger partial charge in [-0.1, -0.05) is 44.2 Å². The fourth-order valence-corrected chi connectivity index (χ4v) is 4.61. The van der Waals surface area contributed by atoms with Gasteiger partial charge in [-0.15, -0.1) is 0 Å². The zero-order valence-corrected chi connectivity index (χ0v) is 16.3. The summed E-state index contributed by atoms with van der Waals surface area (Å²) in [6, 6.07) is 12.4. The monoisotopic (exact) mass is 396 g/mol. The molecule has 1 aliphatic heterocycles. The number of aromatic nitrogens is 1. The van der Waals surface area contributed by atoms with Gasteiger partial charge in [0, 0.05) is 33.9 Å². The molecular formula is C21H21BrN2O. The average Bonchev–Trinajstić information content (AvgIpc) is 2.55. The number of benzene rings is 1. The zero-order valence-electron chi connectivity index (χ0n) is 14.7. The normalized spacial score (nSPS) is 24.4. The van der Waals surface area contributed by atoms with Gasteiger partial charge in [-0.05, 0) is 46.3 Å². The first-order valence-corrected chi connectivity index (χ1v) is 9.36. The summed E-state index contributed by atoms with van der Waals surface area (Å²) in [6.45, 7) is 6.46. The third-order valence-electron chi connectivity index (χ3n) is 5.39. The number of pyridine rings is 1. The first-order valence-electron chi connectivity index (χ1n) is 8.57. The van der Waals surface area contributed by atoms with Gasteiger partial charge in [0.2, 0.25) is 0 Å². The lowest BCUT2D eigenvalue weighted by atomic mass is 9.62. The van der Waals surface area contributed by atoms with Gasteiger partial charge in [0.25, 0.3) is 0 Å². The molecule has 0 saturated carbocycles. The maximum Gasteiger partial charge on any atom is 0.162 e. The fourth-order valence-electron chi connectivity index (χ4n) is 4.28. The van der Waals surface area contributed by atoms with Crippen molar-refractivity contribution in [2.24, 2.45) is 5.41 Å². The summed E-state index contributed by atoms with van der Waals surface area (Å²) in [5, 5.41) is 3.46. The number of halogens is 1. The number of carbonyl (C=O) groups excluding carboxylic acids is 1. The maximum absolute atomic E-state index is 13.2. The molecule has 2 heterocycles. The van der Waals surface area contributed by atoms with E-state index in [1.54, 1.807) is 6.20 Å². The number of hydrogen-bond donors (Lipinski definition) is 1. The lowest BCUT2D eigenvalue weighted by molar-refractivity contribution is -0.118. The highest BCUT2D eigenvalue weighted by Crippen LogP contribution is 2.52. The van der Waals surface area contributed by atoms with Crippen LogP contribution in [0.1, 0.15) is 44.7 Å². The predicted octanol–water partition coefficient (Wildman–Crippen LogP) is 5.22. The minimum Gasteiger partial charge on any atom is -0.343 e. The van der Waals surface area contributed by atoms with Gasteiger partial charge in [0.05, 0.1) is 5.41 Å². The number of Topliss-reactive ketones (excluding diaryl/α,β-unsaturated/α-hetero) is 1. The molecule has 2 aromatic rings. The van der Waals surface area contributed by atoms with Crippen molar-refractivity contribution >= 4 is 27.5 Å². The van der Waals surface area contributed by atoms with Crippen LogP contribution >= 0.6 is 15.9 Å². The average molecular weight is 397 g/mol. The number of nitrogens with one attached hydrogen (secondary N) is 1. The summed E-state index contributed by atoms with van der Waals surface area (Å²) < 4.78 is 0.919. The second-order valence-corrected chi connectivity index (χ2v) is 8.88. The number of ketones is 1. The molecule has 1 atom stereocenters. The summed E-state index contributed by atoms with van der Waals surface area (Å²) >= 11 is 3.54. The summed E-state index contributed by atoms with van der Waals surface area (Å²) in [7, 11) is 0. The molecule has 1 aromatic heterocycles. The molecule has 0 bridgehead atoms. The van der Waals surface area contributed by atoms with E-state index in [2.05, 4.69) is 65.2 Å². The van der Waals surface area contributed by atoms with Crippen molar-refractivity contribution in [1.29, 1.82) is 0 Å². The molecule has 0 unspecified atom stereocenters. The van der Waals surface area contributed by atoms with Gasteiger partial charge in [-0.2, -0.15) is 0 Å². The van der Waals surface area contributed by atoms with Crippen LogP contribution in [-0.2, 0) is 10.2 Å². The molecular weight excluding hydrogens is 376 g/mol. The van der Waals surface area contributed by atoms with Crippen LogP contribution in [0.3, 0.4) is 0 Å². The molecule has 1 aliphatic carbocycles. The smallest absolute Gasteiger partial charge is 0.162 e. The Balaban J connectivity index is 2.03. The molecule has 2 aliphatic rings. The molecule has 128 valence electrons. The molecule has 0 fully saturated rings. The number of rotatable bonds is 1. The third-order valence-corrected chi connectivity index (χ3v) is 5.82. The minimum atomic E-state index is -0.498. The van der Waals surface area contributed by atoms with Crippen molar-refractivity contribution in [2.45, 2.75) is 39.0 Å². The van der Waals surface area contributed by atoms with Crippen LogP contribution in [0.2, 0.25) is 0 Å². The number of nitrogens with zero attached hydrogens (tertiary/aromatic N) is 1. The Morgan fingerprint density at radius 1 is 1.12 bits per heavy atom. The van der Waals surface area contributed by atoms with E-state index in [-0.39, 0.29) is 11.2 Å². The predicted molar refractivity (Wildman–Crippen MR) is 104 cm³/mol. The molecule has 0 saturated heterocycles. The molecule has 4 heteroatoms. The van der Waals surface area contributed by atoms with E-state index in [0.717, 1.165) is 39.1 Å². The Morgan fingerprint density at radius 2 is 1.84 bits per heavy atom. The van der Waals surface area contributed by atoms with Gasteiger partial charge in [-0.3, -0.25) is 4.79 Å². The van der Waals surface area contributed by atoms with Crippen molar-refractivity contribution in [3.8, 4) is 0 Å². The largest absolute Gasteiger partial charge is 0.343 e. The van der Waals surface area contributed by atoms with Gasteiger partial charge >= 0.3 is 0 Å². The highest BCUT2D eigenvalue weighted by molar-refractivity contribution is 9.10. The Labute approximate surface area is 156 Å². The van der Waals surface area contributed by atoms with Gasteiger partial charge < -0.3 is 5.32 Å². The van der Waals surface area contributed by atoms with Crippen molar-refractivity contribution < 1.29 is 4.79 Å². The molecule has 1 N–H and O–H groups in total. The molecule has 0 radical (unpaired) electrons. The maximum atomic E-state index is 13.2. The molecule has 4 rings (SSSR count). The second kappa shape index (κ2) is 5.53. The van der Waals surface area contributed by atoms with Crippen LogP contribution in [0.25, 0.3) is 0 Å². The summed E-state index contributed by atoms with van der Waals surface area (Å²) in [5.74, 6) is 1.08. The van der Waals surface area contributed by atoms with Crippen molar-refractivity contribution in [3.63, 3.8) is 0 Å². The van der Waals surface area contributed by atoms with Crippen LogP contribution in [0, 0.1) is 5.41 Å². The molecule has 0 spiro atoms. The van der Waals surface area contributed by atoms with E-state index in [9.17, 15) is 4.79 Å². The van der Waals surface area contributed by atoms with Crippen molar-refractivity contribution in [2.75, 3.05) is 5.32 Å². The van der Waals surface area contributed by atoms with E-state index in [0.29, 0.717) is 6.42 Å². The number of allylic oxidation sites excluding steroid dienone is 2. The number of fused-ring (bicyclic) bond motifs is 1. The van der Waals surface area contributed by atoms with Crippen molar-refractivity contribution in [3.05, 3.63) is 69.5 Å². The van der Waals surface area contributed by atoms with Crippen LogP contribution < -0.4 is 5.32 Å². The molecule has 25 heavy (non-hydrogen) atoms. The Kier molecular flexibility index (Phi) is 3.66. The summed E-state index contributed by atoms with van der Waals surface area (Å²) in [5.41, 5.74) is 3.55. The topological polar surface area (TPSA) is 42.0 Å². The number of carbonyl (C=O) groups is 1. The lowest BCUT2D eigenvalue weighted by Crippen LogP contribution is -2.42. The first-order chi connectivity index (χ1) is 11.8. The van der Waals surface area contributed by atoms with E-state index < -0.39 is 5.41 Å². The van der Waals surface area contributed by atoms with Gasteiger partial charge in [-0.25, -0.2) is 4.98 Å². The van der Waals surface area contributed by atoms with Crippen LogP contribution in [0.5, 0.6) is 0 Å². The fraction of sp³-hybridized carbons (Fsp3) is 0.333. The highest BCUT2D eigenvalue weighted by Gasteiger charge is 2.47. The SMILES string of the molecule is CC1(C)CC(=O)C2=C(C1)Nc1ncc(Br)cc1[C@@]2(C)c1ccccc1. The lowest BCUT2D eigenvalue weighted by Gasteiger charge is -2.44. The van der Waals surface area contributed by atoms with E-state index >= 15 is 0 Å². The second-order valence-electron chi connectivity index (χ2n) is 7.96. The van der Waals surface area contributed by atoms with Gasteiger partial charge in [0.15, 0.2) is 5.78 Å².